The van der Waals surface area contributed by atoms with Gasteiger partial charge in [-0.2, -0.15) is 0 Å². The average molecular weight is 310 g/mol. The Balaban J connectivity index is 2.35. The molecule has 0 heterocycles. The number of ketones is 1. The fraction of sp³-hybridized carbons (Fsp3) is 0.0667. The van der Waals surface area contributed by atoms with E-state index in [-0.39, 0.29) is 17.0 Å². The van der Waals surface area contributed by atoms with E-state index >= 15 is 0 Å². The van der Waals surface area contributed by atoms with Gasteiger partial charge in [0, 0.05) is 5.56 Å². The van der Waals surface area contributed by atoms with E-state index < -0.39 is 28.1 Å². The van der Waals surface area contributed by atoms with Gasteiger partial charge >= 0.3 is 0 Å². The molecule has 1 N–H and O–H groups in total. The van der Waals surface area contributed by atoms with E-state index in [1.807, 2.05) is 0 Å². The third-order valence-electron chi connectivity index (χ3n) is 2.81. The standard InChI is InChI=1S/C15H10ClF2NO2/c1-8(20)9-4-2-3-5-14(9)19-15(21)10-6-13(18)11(16)7-12(10)17/h2-7H,1H3,(H,19,21). The zero-order valence-corrected chi connectivity index (χ0v) is 11.7. The van der Waals surface area contributed by atoms with Crippen LogP contribution in [0.2, 0.25) is 5.02 Å². The first-order valence-electron chi connectivity index (χ1n) is 5.96. The molecule has 0 aliphatic carbocycles. The van der Waals surface area contributed by atoms with Crippen molar-refractivity contribution < 1.29 is 18.4 Å². The summed E-state index contributed by atoms with van der Waals surface area (Å²) in [6.45, 7) is 1.34. The van der Waals surface area contributed by atoms with Crippen LogP contribution in [0.15, 0.2) is 36.4 Å². The summed E-state index contributed by atoms with van der Waals surface area (Å²) in [4.78, 5) is 23.4. The number of anilines is 1. The van der Waals surface area contributed by atoms with Crippen molar-refractivity contribution in [2.75, 3.05) is 5.32 Å². The number of hydrogen-bond donors (Lipinski definition) is 1. The van der Waals surface area contributed by atoms with Crippen LogP contribution in [0.25, 0.3) is 0 Å². The quantitative estimate of drug-likeness (QED) is 0.686. The zero-order valence-electron chi connectivity index (χ0n) is 10.9. The summed E-state index contributed by atoms with van der Waals surface area (Å²) in [5.74, 6) is -2.97. The molecule has 21 heavy (non-hydrogen) atoms. The van der Waals surface area contributed by atoms with Crippen LogP contribution in [-0.4, -0.2) is 11.7 Å². The monoisotopic (exact) mass is 309 g/mol. The number of nitrogens with one attached hydrogen (secondary N) is 1. The molecule has 0 saturated heterocycles. The molecule has 2 aromatic carbocycles. The van der Waals surface area contributed by atoms with Gasteiger partial charge in [0.2, 0.25) is 0 Å². The lowest BCUT2D eigenvalue weighted by molar-refractivity contribution is 0.101. The zero-order chi connectivity index (χ0) is 15.6. The molecular formula is C15H10ClF2NO2. The number of carbonyl (C=O) groups excluding carboxylic acids is 2. The predicted molar refractivity (Wildman–Crippen MR) is 75.8 cm³/mol. The van der Waals surface area contributed by atoms with Crippen LogP contribution in [0, 0.1) is 11.6 Å². The fourth-order valence-electron chi connectivity index (χ4n) is 1.79. The maximum atomic E-state index is 13.7. The Bertz CT molecular complexity index is 732. The van der Waals surface area contributed by atoms with Crippen LogP contribution in [0.3, 0.4) is 0 Å². The Hall–Kier alpha value is -2.27. The molecule has 0 atom stereocenters. The molecule has 0 aliphatic heterocycles. The van der Waals surface area contributed by atoms with Gasteiger partial charge < -0.3 is 5.32 Å². The molecule has 0 fully saturated rings. The molecule has 0 spiro atoms. The van der Waals surface area contributed by atoms with Gasteiger partial charge in [0.05, 0.1) is 16.3 Å². The van der Waals surface area contributed by atoms with Crippen molar-refractivity contribution in [3.8, 4) is 0 Å². The van der Waals surface area contributed by atoms with Crippen LogP contribution < -0.4 is 5.32 Å². The van der Waals surface area contributed by atoms with Gasteiger partial charge in [0.25, 0.3) is 5.91 Å². The van der Waals surface area contributed by atoms with Gasteiger partial charge in [-0.3, -0.25) is 9.59 Å². The van der Waals surface area contributed by atoms with E-state index in [9.17, 15) is 18.4 Å². The number of amides is 1. The van der Waals surface area contributed by atoms with Crippen molar-refractivity contribution in [2.24, 2.45) is 0 Å². The van der Waals surface area contributed by atoms with E-state index in [1.165, 1.54) is 19.1 Å². The molecule has 0 saturated carbocycles. The van der Waals surface area contributed by atoms with Crippen molar-refractivity contribution in [1.82, 2.24) is 0 Å². The van der Waals surface area contributed by atoms with Gasteiger partial charge in [-0.15, -0.1) is 0 Å². The Morgan fingerprint density at radius 3 is 2.38 bits per heavy atom. The molecule has 2 rings (SSSR count). The molecule has 108 valence electrons. The number of para-hydroxylation sites is 1. The Kier molecular flexibility index (Phi) is 4.33. The molecule has 1 amide bonds. The lowest BCUT2D eigenvalue weighted by Gasteiger charge is -2.10. The van der Waals surface area contributed by atoms with Gasteiger partial charge in [0.1, 0.15) is 11.6 Å². The first kappa shape index (κ1) is 15.1. The topological polar surface area (TPSA) is 46.2 Å². The summed E-state index contributed by atoms with van der Waals surface area (Å²) < 4.78 is 27.0. The van der Waals surface area contributed by atoms with E-state index in [1.54, 1.807) is 12.1 Å². The van der Waals surface area contributed by atoms with Gasteiger partial charge in [-0.05, 0) is 31.2 Å². The second kappa shape index (κ2) is 6.01. The van der Waals surface area contributed by atoms with E-state index in [4.69, 9.17) is 11.6 Å². The Morgan fingerprint density at radius 2 is 1.71 bits per heavy atom. The van der Waals surface area contributed by atoms with Gasteiger partial charge in [-0.1, -0.05) is 23.7 Å². The highest BCUT2D eigenvalue weighted by Crippen LogP contribution is 2.21. The summed E-state index contributed by atoms with van der Waals surface area (Å²) in [5.41, 5.74) is 0.0145. The number of halogens is 3. The predicted octanol–water partition coefficient (Wildman–Crippen LogP) is 4.07. The first-order valence-corrected chi connectivity index (χ1v) is 6.34. The van der Waals surface area contributed by atoms with E-state index in [2.05, 4.69) is 5.32 Å². The lowest BCUT2D eigenvalue weighted by atomic mass is 10.1. The highest BCUT2D eigenvalue weighted by molar-refractivity contribution is 6.30. The van der Waals surface area contributed by atoms with Crippen molar-refractivity contribution in [3.63, 3.8) is 0 Å². The highest BCUT2D eigenvalue weighted by atomic mass is 35.5. The molecule has 6 heteroatoms. The van der Waals surface area contributed by atoms with Crippen molar-refractivity contribution in [1.29, 1.82) is 0 Å². The number of rotatable bonds is 3. The maximum absolute atomic E-state index is 13.7. The largest absolute Gasteiger partial charge is 0.321 e. The van der Waals surface area contributed by atoms with Crippen LogP contribution >= 0.6 is 11.6 Å². The van der Waals surface area contributed by atoms with Gasteiger partial charge in [-0.25, -0.2) is 8.78 Å². The minimum atomic E-state index is -0.945. The molecule has 3 nitrogen and oxygen atoms in total. The number of carbonyl (C=O) groups is 2. The smallest absolute Gasteiger partial charge is 0.258 e. The minimum absolute atomic E-state index is 0.227. The second-order valence-electron chi connectivity index (χ2n) is 4.30. The number of Topliss-reactive ketones (excluding diaryl/α,β-unsaturated/α-hetero) is 1. The van der Waals surface area contributed by atoms with Crippen LogP contribution in [0.1, 0.15) is 27.6 Å². The Labute approximate surface area is 124 Å². The fourth-order valence-corrected chi connectivity index (χ4v) is 1.94. The van der Waals surface area contributed by atoms with E-state index in [0.29, 0.717) is 6.07 Å². The molecular weight excluding hydrogens is 300 g/mol. The average Bonchev–Trinajstić information content (AvgIpc) is 2.43. The molecule has 2 aromatic rings. The molecule has 0 aliphatic rings. The van der Waals surface area contributed by atoms with Crippen molar-refractivity contribution in [3.05, 3.63) is 64.2 Å². The third-order valence-corrected chi connectivity index (χ3v) is 3.10. The molecule has 0 unspecified atom stereocenters. The summed E-state index contributed by atoms with van der Waals surface area (Å²) >= 11 is 5.43. The first-order chi connectivity index (χ1) is 9.90. The van der Waals surface area contributed by atoms with Crippen molar-refractivity contribution in [2.45, 2.75) is 6.92 Å². The summed E-state index contributed by atoms with van der Waals surface area (Å²) in [7, 11) is 0. The summed E-state index contributed by atoms with van der Waals surface area (Å²) in [6.07, 6.45) is 0. The lowest BCUT2D eigenvalue weighted by Crippen LogP contribution is -2.16. The number of benzene rings is 2. The highest BCUT2D eigenvalue weighted by Gasteiger charge is 2.17. The Morgan fingerprint density at radius 1 is 1.05 bits per heavy atom. The molecule has 0 bridgehead atoms. The second-order valence-corrected chi connectivity index (χ2v) is 4.71. The van der Waals surface area contributed by atoms with Crippen molar-refractivity contribution >= 4 is 29.0 Å². The molecule has 0 aromatic heterocycles. The maximum Gasteiger partial charge on any atom is 0.258 e. The summed E-state index contributed by atoms with van der Waals surface area (Å²) in [5, 5.41) is 1.98. The normalized spacial score (nSPS) is 10.3. The minimum Gasteiger partial charge on any atom is -0.321 e. The summed E-state index contributed by atoms with van der Waals surface area (Å²) in [6, 6.07) is 7.71. The number of hydrogen-bond acceptors (Lipinski definition) is 2. The third kappa shape index (κ3) is 3.25. The van der Waals surface area contributed by atoms with Crippen LogP contribution in [-0.2, 0) is 0 Å². The van der Waals surface area contributed by atoms with Gasteiger partial charge in [0.15, 0.2) is 5.78 Å². The SMILES string of the molecule is CC(=O)c1ccccc1NC(=O)c1cc(F)c(Cl)cc1F. The van der Waals surface area contributed by atoms with Crippen LogP contribution in [0.4, 0.5) is 14.5 Å². The molecule has 0 radical (unpaired) electrons. The van der Waals surface area contributed by atoms with Crippen LogP contribution in [0.5, 0.6) is 0 Å². The van der Waals surface area contributed by atoms with E-state index in [0.717, 1.165) is 6.07 Å².